The van der Waals surface area contributed by atoms with Crippen LogP contribution in [0.25, 0.3) is 11.1 Å². The number of rotatable bonds is 8. The molecule has 0 saturated carbocycles. The Morgan fingerprint density at radius 2 is 1.71 bits per heavy atom. The largest absolute Gasteiger partial charge is 0.480 e. The van der Waals surface area contributed by atoms with E-state index >= 15 is 0 Å². The van der Waals surface area contributed by atoms with Crippen LogP contribution in [0.4, 0.5) is 4.79 Å². The summed E-state index contributed by atoms with van der Waals surface area (Å²) in [6, 6.07) is 16.3. The van der Waals surface area contributed by atoms with Crippen LogP contribution in [-0.4, -0.2) is 66.4 Å². The van der Waals surface area contributed by atoms with Gasteiger partial charge in [-0.2, -0.15) is 0 Å². The third-order valence-corrected chi connectivity index (χ3v) is 6.88. The molecule has 34 heavy (non-hydrogen) atoms. The van der Waals surface area contributed by atoms with Crippen molar-refractivity contribution in [3.63, 3.8) is 0 Å². The van der Waals surface area contributed by atoms with Gasteiger partial charge in [-0.3, -0.25) is 4.79 Å². The molecule has 2 aromatic rings. The van der Waals surface area contributed by atoms with Crippen molar-refractivity contribution < 1.29 is 29.0 Å². The lowest BCUT2D eigenvalue weighted by atomic mass is 9.98. The first-order valence-electron chi connectivity index (χ1n) is 11.5. The minimum Gasteiger partial charge on any atom is -0.480 e. The summed E-state index contributed by atoms with van der Waals surface area (Å²) in [6.07, 6.45) is -0.0763. The molecule has 2 amide bonds. The maximum absolute atomic E-state index is 12.7. The van der Waals surface area contributed by atoms with Crippen molar-refractivity contribution in [2.75, 3.05) is 26.8 Å². The zero-order valence-electron chi connectivity index (χ0n) is 19.5. The van der Waals surface area contributed by atoms with Gasteiger partial charge in [0.1, 0.15) is 12.1 Å². The van der Waals surface area contributed by atoms with Gasteiger partial charge in [-0.15, -0.1) is 0 Å². The Kier molecular flexibility index (Phi) is 6.88. The Hall–Kier alpha value is -3.39. The van der Waals surface area contributed by atoms with Crippen LogP contribution in [0.3, 0.4) is 0 Å². The summed E-state index contributed by atoms with van der Waals surface area (Å²) in [5.74, 6) is -1.33. The van der Waals surface area contributed by atoms with Crippen molar-refractivity contribution in [1.29, 1.82) is 0 Å². The van der Waals surface area contributed by atoms with Gasteiger partial charge < -0.3 is 24.8 Å². The highest BCUT2D eigenvalue weighted by molar-refractivity contribution is 5.87. The number of ether oxygens (including phenoxy) is 2. The molecule has 1 heterocycles. The average Bonchev–Trinajstić information content (AvgIpc) is 3.36. The molecule has 1 aliphatic heterocycles. The molecule has 2 N–H and O–H groups in total. The van der Waals surface area contributed by atoms with E-state index < -0.39 is 17.6 Å². The van der Waals surface area contributed by atoms with Gasteiger partial charge in [0.15, 0.2) is 0 Å². The van der Waals surface area contributed by atoms with Crippen LogP contribution in [0, 0.1) is 0 Å². The number of nitrogens with one attached hydrogen (secondary N) is 1. The summed E-state index contributed by atoms with van der Waals surface area (Å²) < 4.78 is 10.8. The molecule has 1 fully saturated rings. The number of nitrogens with zero attached hydrogens (tertiary/aromatic N) is 1. The van der Waals surface area contributed by atoms with E-state index in [0.717, 1.165) is 22.3 Å². The fourth-order valence-electron chi connectivity index (χ4n) is 4.98. The van der Waals surface area contributed by atoms with Gasteiger partial charge in [0.25, 0.3) is 0 Å². The quantitative estimate of drug-likeness (QED) is 0.578. The second-order valence-electron chi connectivity index (χ2n) is 9.00. The van der Waals surface area contributed by atoms with Crippen molar-refractivity contribution in [2.24, 2.45) is 0 Å². The van der Waals surface area contributed by atoms with Gasteiger partial charge in [-0.25, -0.2) is 9.59 Å². The molecule has 4 rings (SSSR count). The Bertz CT molecular complexity index is 1040. The number of benzene rings is 2. The van der Waals surface area contributed by atoms with Gasteiger partial charge in [0.05, 0.1) is 6.10 Å². The highest BCUT2D eigenvalue weighted by atomic mass is 16.5. The number of methoxy groups -OCH3 is 1. The lowest BCUT2D eigenvalue weighted by molar-refractivity contribution is -0.155. The monoisotopic (exact) mass is 466 g/mol. The summed E-state index contributed by atoms with van der Waals surface area (Å²) in [5, 5.41) is 12.3. The number of carboxylic acids is 1. The average molecular weight is 467 g/mol. The van der Waals surface area contributed by atoms with E-state index in [1.807, 2.05) is 24.3 Å². The zero-order chi connectivity index (χ0) is 24.3. The van der Waals surface area contributed by atoms with E-state index in [1.54, 1.807) is 6.92 Å². The van der Waals surface area contributed by atoms with Gasteiger partial charge in [-0.1, -0.05) is 48.5 Å². The smallest absolute Gasteiger partial charge is 0.407 e. The Morgan fingerprint density at radius 3 is 2.29 bits per heavy atom. The molecule has 2 aromatic carbocycles. The van der Waals surface area contributed by atoms with Crippen molar-refractivity contribution in [1.82, 2.24) is 10.2 Å². The minimum absolute atomic E-state index is 0.0164. The summed E-state index contributed by atoms with van der Waals surface area (Å²) >= 11 is 0. The van der Waals surface area contributed by atoms with E-state index in [0.29, 0.717) is 6.42 Å². The van der Waals surface area contributed by atoms with Gasteiger partial charge in [0, 0.05) is 39.0 Å². The number of likely N-dealkylation sites (tertiary alicyclic amines) is 1. The Labute approximate surface area is 198 Å². The predicted octanol–water partition coefficient (Wildman–Crippen LogP) is 3.40. The fraction of sp³-hybridized carbons (Fsp3) is 0.423. The van der Waals surface area contributed by atoms with E-state index in [2.05, 4.69) is 29.6 Å². The van der Waals surface area contributed by atoms with Crippen molar-refractivity contribution in [3.8, 4) is 11.1 Å². The molecule has 2 aliphatic rings. The molecule has 0 bridgehead atoms. The molecule has 0 aromatic heterocycles. The maximum atomic E-state index is 12.7. The molecule has 1 aliphatic carbocycles. The minimum atomic E-state index is -1.28. The van der Waals surface area contributed by atoms with E-state index in [9.17, 15) is 19.5 Å². The van der Waals surface area contributed by atoms with Gasteiger partial charge >= 0.3 is 12.1 Å². The molecule has 0 spiro atoms. The number of carboxylic acid groups (broad SMARTS) is 1. The molecule has 2 unspecified atom stereocenters. The zero-order valence-corrected chi connectivity index (χ0v) is 19.5. The van der Waals surface area contributed by atoms with Crippen LogP contribution in [-0.2, 0) is 19.1 Å². The SMILES string of the molecule is COC1CN(C(=O)CCCNC(=O)OCC2c3ccccc3-c3ccccc32)C(C)(C(=O)O)C1. The fourth-order valence-corrected chi connectivity index (χ4v) is 4.98. The molecule has 180 valence electrons. The number of hydrogen-bond acceptors (Lipinski definition) is 5. The summed E-state index contributed by atoms with van der Waals surface area (Å²) in [7, 11) is 1.51. The number of aliphatic carboxylic acids is 1. The Morgan fingerprint density at radius 1 is 1.09 bits per heavy atom. The van der Waals surface area contributed by atoms with Crippen LogP contribution in [0.5, 0.6) is 0 Å². The third kappa shape index (κ3) is 4.50. The van der Waals surface area contributed by atoms with Crippen molar-refractivity contribution in [2.45, 2.75) is 43.7 Å². The van der Waals surface area contributed by atoms with Crippen LogP contribution in [0.1, 0.15) is 43.2 Å². The van der Waals surface area contributed by atoms with E-state index in [-0.39, 0.29) is 50.5 Å². The van der Waals surface area contributed by atoms with Crippen LogP contribution >= 0.6 is 0 Å². The summed E-state index contributed by atoms with van der Waals surface area (Å²) in [6.45, 7) is 2.27. The second kappa shape index (κ2) is 9.85. The first kappa shape index (κ1) is 23.8. The molecule has 1 saturated heterocycles. The Balaban J connectivity index is 1.25. The van der Waals surface area contributed by atoms with Crippen molar-refractivity contribution >= 4 is 18.0 Å². The second-order valence-corrected chi connectivity index (χ2v) is 9.00. The number of alkyl carbamates (subject to hydrolysis) is 1. The lowest BCUT2D eigenvalue weighted by Crippen LogP contribution is -2.50. The first-order valence-corrected chi connectivity index (χ1v) is 11.5. The highest BCUT2D eigenvalue weighted by Gasteiger charge is 2.50. The van der Waals surface area contributed by atoms with E-state index in [1.165, 1.54) is 12.0 Å². The van der Waals surface area contributed by atoms with Gasteiger partial charge in [0.2, 0.25) is 5.91 Å². The molecule has 8 heteroatoms. The number of carbonyl (C=O) groups is 3. The molecular weight excluding hydrogens is 436 g/mol. The lowest BCUT2D eigenvalue weighted by Gasteiger charge is -2.30. The molecule has 2 atom stereocenters. The van der Waals surface area contributed by atoms with Crippen LogP contribution in [0.2, 0.25) is 0 Å². The highest BCUT2D eigenvalue weighted by Crippen LogP contribution is 2.44. The number of amides is 2. The number of carbonyl (C=O) groups excluding carboxylic acids is 2. The predicted molar refractivity (Wildman–Crippen MR) is 125 cm³/mol. The van der Waals surface area contributed by atoms with Crippen molar-refractivity contribution in [3.05, 3.63) is 59.7 Å². The van der Waals surface area contributed by atoms with Gasteiger partial charge in [-0.05, 0) is 35.6 Å². The summed E-state index contributed by atoms with van der Waals surface area (Å²) in [5.41, 5.74) is 3.33. The molecular formula is C26H30N2O6. The van der Waals surface area contributed by atoms with Crippen LogP contribution in [0.15, 0.2) is 48.5 Å². The standard InChI is InChI=1S/C26H30N2O6/c1-26(24(30)31)14-17(33-2)15-28(26)23(29)12-7-13-27-25(32)34-16-22-20-10-5-3-8-18(20)19-9-4-6-11-21(19)22/h3-6,8-11,17,22H,7,12-16H2,1-2H3,(H,27,32)(H,30,31). The van der Waals surface area contributed by atoms with Crippen LogP contribution < -0.4 is 5.32 Å². The number of hydrogen-bond donors (Lipinski definition) is 2. The normalized spacial score (nSPS) is 21.1. The first-order chi connectivity index (χ1) is 16.3. The van der Waals surface area contributed by atoms with E-state index in [4.69, 9.17) is 9.47 Å². The maximum Gasteiger partial charge on any atom is 0.407 e. The summed E-state index contributed by atoms with van der Waals surface area (Å²) in [4.78, 5) is 38.0. The molecule has 0 radical (unpaired) electrons. The number of fused-ring (bicyclic) bond motifs is 3. The topological polar surface area (TPSA) is 105 Å². The third-order valence-electron chi connectivity index (χ3n) is 6.88. The molecule has 8 nitrogen and oxygen atoms in total.